The molecule has 1 N–H and O–H groups in total. The van der Waals surface area contributed by atoms with Gasteiger partial charge in [0.15, 0.2) is 0 Å². The third-order valence-electron chi connectivity index (χ3n) is 5.70. The van der Waals surface area contributed by atoms with Gasteiger partial charge in [-0.25, -0.2) is 0 Å². The van der Waals surface area contributed by atoms with E-state index in [-0.39, 0.29) is 11.8 Å². The van der Waals surface area contributed by atoms with Crippen molar-refractivity contribution in [1.82, 2.24) is 4.90 Å². The molecule has 0 unspecified atom stereocenters. The van der Waals surface area contributed by atoms with Gasteiger partial charge in [-0.1, -0.05) is 30.3 Å². The number of hydrogen-bond donors (Lipinski definition) is 1. The van der Waals surface area contributed by atoms with Gasteiger partial charge in [0.05, 0.1) is 6.54 Å². The second-order valence-electron chi connectivity index (χ2n) is 8.24. The lowest BCUT2D eigenvalue weighted by Gasteiger charge is -2.25. The van der Waals surface area contributed by atoms with Crippen LogP contribution in [0.15, 0.2) is 42.5 Å². The molecule has 5 nitrogen and oxygen atoms in total. The lowest BCUT2D eigenvalue weighted by atomic mass is 10.1. The van der Waals surface area contributed by atoms with Crippen LogP contribution in [0.25, 0.3) is 0 Å². The molecular formula is C25H33N3O2. The molecule has 1 aliphatic rings. The lowest BCUT2D eigenvalue weighted by molar-refractivity contribution is -0.120. The van der Waals surface area contributed by atoms with Gasteiger partial charge in [0.25, 0.3) is 0 Å². The molecule has 0 saturated heterocycles. The molecule has 1 aliphatic carbocycles. The molecule has 0 atom stereocenters. The van der Waals surface area contributed by atoms with Crippen molar-refractivity contribution >= 4 is 23.2 Å². The molecule has 160 valence electrons. The fourth-order valence-electron chi connectivity index (χ4n) is 3.88. The Bertz CT molecular complexity index is 885. The first-order valence-corrected chi connectivity index (χ1v) is 10.9. The van der Waals surface area contributed by atoms with Crippen molar-refractivity contribution in [3.8, 4) is 0 Å². The largest absolute Gasteiger partial charge is 0.324 e. The Morgan fingerprint density at radius 3 is 2.30 bits per heavy atom. The lowest BCUT2D eigenvalue weighted by Crippen LogP contribution is -2.39. The maximum Gasteiger partial charge on any atom is 0.238 e. The van der Waals surface area contributed by atoms with Crippen LogP contribution in [-0.2, 0) is 9.59 Å². The summed E-state index contributed by atoms with van der Waals surface area (Å²) in [6, 6.07) is 14.4. The van der Waals surface area contributed by atoms with Gasteiger partial charge in [-0.15, -0.1) is 0 Å². The average Bonchev–Trinajstić information content (AvgIpc) is 3.54. The van der Waals surface area contributed by atoms with Gasteiger partial charge in [0.1, 0.15) is 0 Å². The second kappa shape index (κ2) is 9.90. The Kier molecular flexibility index (Phi) is 7.27. The summed E-state index contributed by atoms with van der Waals surface area (Å²) in [5, 5.41) is 3.07. The summed E-state index contributed by atoms with van der Waals surface area (Å²) in [6.45, 7) is 9.60. The molecular weight excluding hydrogens is 374 g/mol. The summed E-state index contributed by atoms with van der Waals surface area (Å²) >= 11 is 0. The third kappa shape index (κ3) is 5.70. The summed E-state index contributed by atoms with van der Waals surface area (Å²) in [7, 11) is 0. The highest BCUT2D eigenvalue weighted by atomic mass is 16.2. The number of nitrogens with zero attached hydrogens (tertiary/aromatic N) is 2. The summed E-state index contributed by atoms with van der Waals surface area (Å²) in [5.41, 5.74) is 5.10. The number of aryl methyl sites for hydroxylation is 3. The molecule has 3 rings (SSSR count). The molecule has 2 aromatic rings. The molecule has 30 heavy (non-hydrogen) atoms. The van der Waals surface area contributed by atoms with Crippen molar-refractivity contribution in [1.29, 1.82) is 0 Å². The van der Waals surface area contributed by atoms with Gasteiger partial charge in [-0.05, 0) is 69.4 Å². The molecule has 5 heteroatoms. The van der Waals surface area contributed by atoms with Crippen LogP contribution in [0.1, 0.15) is 42.9 Å². The van der Waals surface area contributed by atoms with E-state index in [1.165, 1.54) is 0 Å². The Hall–Kier alpha value is -2.66. The van der Waals surface area contributed by atoms with E-state index in [9.17, 15) is 9.59 Å². The zero-order chi connectivity index (χ0) is 21.7. The van der Waals surface area contributed by atoms with Crippen molar-refractivity contribution < 1.29 is 9.59 Å². The first kappa shape index (κ1) is 22.0. The minimum absolute atomic E-state index is 0.0159. The fraction of sp³-hybridized carbons (Fsp3) is 0.440. The number of anilines is 2. The minimum atomic E-state index is -0.0159. The van der Waals surface area contributed by atoms with E-state index in [0.29, 0.717) is 32.1 Å². The molecule has 0 bridgehead atoms. The van der Waals surface area contributed by atoms with Gasteiger partial charge < -0.3 is 10.2 Å². The third-order valence-corrected chi connectivity index (χ3v) is 5.70. The predicted octanol–water partition coefficient (Wildman–Crippen LogP) is 4.46. The van der Waals surface area contributed by atoms with Gasteiger partial charge in [0.2, 0.25) is 11.8 Å². The molecule has 0 aliphatic heterocycles. The highest BCUT2D eigenvalue weighted by Gasteiger charge is 2.31. The van der Waals surface area contributed by atoms with Crippen molar-refractivity contribution in [3.63, 3.8) is 0 Å². The smallest absolute Gasteiger partial charge is 0.238 e. The molecule has 2 amide bonds. The van der Waals surface area contributed by atoms with Crippen molar-refractivity contribution in [3.05, 3.63) is 59.2 Å². The number of nitrogens with one attached hydrogen (secondary N) is 1. The summed E-state index contributed by atoms with van der Waals surface area (Å²) in [5.74, 6) is 0.0849. The highest BCUT2D eigenvalue weighted by molar-refractivity contribution is 5.94. The maximum absolute atomic E-state index is 12.9. The number of amides is 2. The SMILES string of the molecule is CCN(C(=O)CCN(CC(=O)Nc1c(C)cccc1C)C1CC1)c1cccc(C)c1. The molecule has 0 radical (unpaired) electrons. The molecule has 1 saturated carbocycles. The Morgan fingerprint density at radius 2 is 1.70 bits per heavy atom. The summed E-state index contributed by atoms with van der Waals surface area (Å²) in [6.07, 6.45) is 2.61. The van der Waals surface area contributed by atoms with Crippen LogP contribution in [0.4, 0.5) is 11.4 Å². The maximum atomic E-state index is 12.9. The number of para-hydroxylation sites is 1. The van der Waals surface area contributed by atoms with Crippen LogP contribution < -0.4 is 10.2 Å². The monoisotopic (exact) mass is 407 g/mol. The number of benzene rings is 2. The first-order chi connectivity index (χ1) is 14.4. The van der Waals surface area contributed by atoms with E-state index < -0.39 is 0 Å². The molecule has 0 heterocycles. The fourth-order valence-corrected chi connectivity index (χ4v) is 3.88. The van der Waals surface area contributed by atoms with Crippen molar-refractivity contribution in [2.45, 2.75) is 53.0 Å². The predicted molar refractivity (Wildman–Crippen MR) is 123 cm³/mol. The average molecular weight is 408 g/mol. The van der Waals surface area contributed by atoms with Gasteiger partial charge in [-0.3, -0.25) is 14.5 Å². The topological polar surface area (TPSA) is 52.7 Å². The van der Waals surface area contributed by atoms with E-state index in [2.05, 4.69) is 10.2 Å². The molecule has 1 fully saturated rings. The first-order valence-electron chi connectivity index (χ1n) is 10.9. The van der Waals surface area contributed by atoms with Crippen LogP contribution in [0.3, 0.4) is 0 Å². The summed E-state index contributed by atoms with van der Waals surface area (Å²) < 4.78 is 0. The van der Waals surface area contributed by atoms with Crippen LogP contribution in [0.5, 0.6) is 0 Å². The Balaban J connectivity index is 1.59. The van der Waals surface area contributed by atoms with E-state index in [4.69, 9.17) is 0 Å². The van der Waals surface area contributed by atoms with E-state index in [1.54, 1.807) is 0 Å². The van der Waals surface area contributed by atoms with E-state index in [1.807, 2.05) is 75.1 Å². The Labute approximate surface area is 180 Å². The number of rotatable bonds is 9. The minimum Gasteiger partial charge on any atom is -0.324 e. The van der Waals surface area contributed by atoms with Crippen LogP contribution >= 0.6 is 0 Å². The van der Waals surface area contributed by atoms with Crippen LogP contribution in [0, 0.1) is 20.8 Å². The van der Waals surface area contributed by atoms with Gasteiger partial charge in [-0.2, -0.15) is 0 Å². The standard InChI is InChI=1S/C25H33N3O2/c1-5-28(22-11-6-8-18(2)16-22)24(30)14-15-27(21-12-13-21)17-23(29)26-25-19(3)9-7-10-20(25)4/h6-11,16,21H,5,12-15,17H2,1-4H3,(H,26,29). The number of hydrogen-bond acceptors (Lipinski definition) is 3. The molecule has 0 aromatic heterocycles. The Morgan fingerprint density at radius 1 is 1.03 bits per heavy atom. The summed E-state index contributed by atoms with van der Waals surface area (Å²) in [4.78, 5) is 29.6. The zero-order valence-corrected chi connectivity index (χ0v) is 18.6. The van der Waals surface area contributed by atoms with Crippen molar-refractivity contribution in [2.75, 3.05) is 29.9 Å². The van der Waals surface area contributed by atoms with E-state index in [0.717, 1.165) is 40.9 Å². The van der Waals surface area contributed by atoms with Crippen LogP contribution in [0.2, 0.25) is 0 Å². The number of carbonyl (C=O) groups is 2. The molecule has 2 aromatic carbocycles. The molecule has 0 spiro atoms. The van der Waals surface area contributed by atoms with Crippen LogP contribution in [-0.4, -0.2) is 42.4 Å². The van der Waals surface area contributed by atoms with Gasteiger partial charge in [0, 0.05) is 36.9 Å². The second-order valence-corrected chi connectivity index (χ2v) is 8.24. The normalized spacial score (nSPS) is 13.4. The van der Waals surface area contributed by atoms with E-state index >= 15 is 0 Å². The zero-order valence-electron chi connectivity index (χ0n) is 18.6. The quantitative estimate of drug-likeness (QED) is 0.668. The van der Waals surface area contributed by atoms with Gasteiger partial charge >= 0.3 is 0 Å². The highest BCUT2D eigenvalue weighted by Crippen LogP contribution is 2.27. The van der Waals surface area contributed by atoms with Crippen molar-refractivity contribution in [2.24, 2.45) is 0 Å². The number of carbonyl (C=O) groups excluding carboxylic acids is 2.